The van der Waals surface area contributed by atoms with E-state index < -0.39 is 5.60 Å². The first-order valence-corrected chi connectivity index (χ1v) is 7.06. The second kappa shape index (κ2) is 6.22. The topological polar surface area (TPSA) is 38.0 Å². The van der Waals surface area contributed by atoms with Crippen LogP contribution in [0.5, 0.6) is 0 Å². The first kappa shape index (κ1) is 14.1. The van der Waals surface area contributed by atoms with Gasteiger partial charge in [-0.05, 0) is 24.5 Å². The minimum Gasteiger partial charge on any atom is -0.385 e. The summed E-state index contributed by atoms with van der Waals surface area (Å²) < 4.78 is 1.86. The molecule has 4 heteroatoms. The Hall–Kier alpha value is -1.32. The van der Waals surface area contributed by atoms with E-state index >= 15 is 0 Å². The van der Waals surface area contributed by atoms with Crippen LogP contribution in [0.3, 0.4) is 0 Å². The van der Waals surface area contributed by atoms with Gasteiger partial charge in [-0.25, -0.2) is 0 Å². The summed E-state index contributed by atoms with van der Waals surface area (Å²) in [5.74, 6) is 0.424. The van der Waals surface area contributed by atoms with Gasteiger partial charge in [-0.1, -0.05) is 30.3 Å². The molecule has 1 aromatic carbocycles. The number of alkyl halides is 1. The van der Waals surface area contributed by atoms with Gasteiger partial charge in [-0.15, -0.1) is 11.6 Å². The van der Waals surface area contributed by atoms with Gasteiger partial charge in [-0.3, -0.25) is 4.68 Å². The van der Waals surface area contributed by atoms with Crippen LogP contribution >= 0.6 is 11.6 Å². The first-order valence-electron chi connectivity index (χ1n) is 6.53. The number of aliphatic hydroxyl groups is 1. The van der Waals surface area contributed by atoms with E-state index in [1.165, 1.54) is 0 Å². The summed E-state index contributed by atoms with van der Waals surface area (Å²) in [6.45, 7) is 2.87. The molecule has 1 atom stereocenters. The lowest BCUT2D eigenvalue weighted by Crippen LogP contribution is -2.29. The Morgan fingerprint density at radius 2 is 2.05 bits per heavy atom. The maximum atomic E-state index is 10.9. The molecule has 0 aliphatic heterocycles. The van der Waals surface area contributed by atoms with E-state index in [2.05, 4.69) is 5.10 Å². The van der Waals surface area contributed by atoms with Gasteiger partial charge in [0.25, 0.3) is 0 Å². The summed E-state index contributed by atoms with van der Waals surface area (Å²) in [5.41, 5.74) is 1.00. The summed E-state index contributed by atoms with van der Waals surface area (Å²) in [4.78, 5) is 0. The number of benzene rings is 1. The van der Waals surface area contributed by atoms with Gasteiger partial charge in [0.2, 0.25) is 0 Å². The number of hydrogen-bond acceptors (Lipinski definition) is 2. The fourth-order valence-electron chi connectivity index (χ4n) is 2.25. The molecule has 1 aromatic heterocycles. The molecule has 1 unspecified atom stereocenters. The molecule has 102 valence electrons. The van der Waals surface area contributed by atoms with Crippen molar-refractivity contribution in [3.8, 4) is 0 Å². The van der Waals surface area contributed by atoms with Crippen LogP contribution in [-0.4, -0.2) is 20.8 Å². The number of hydrogen-bond donors (Lipinski definition) is 1. The number of halogens is 1. The molecule has 2 aromatic rings. The van der Waals surface area contributed by atoms with Crippen molar-refractivity contribution in [3.63, 3.8) is 0 Å². The van der Waals surface area contributed by atoms with Crippen molar-refractivity contribution >= 4 is 11.6 Å². The molecule has 0 bridgehead atoms. The van der Waals surface area contributed by atoms with Crippen LogP contribution in [-0.2, 0) is 18.6 Å². The van der Waals surface area contributed by atoms with Gasteiger partial charge in [0.15, 0.2) is 0 Å². The lowest BCUT2D eigenvalue weighted by atomic mass is 9.86. The van der Waals surface area contributed by atoms with E-state index in [0.29, 0.717) is 18.7 Å². The fourth-order valence-corrected chi connectivity index (χ4v) is 2.56. The van der Waals surface area contributed by atoms with Crippen molar-refractivity contribution in [2.24, 2.45) is 0 Å². The van der Waals surface area contributed by atoms with Gasteiger partial charge < -0.3 is 5.11 Å². The molecule has 0 radical (unpaired) electrons. The number of nitrogens with zero attached hydrogens (tertiary/aromatic N) is 2. The van der Waals surface area contributed by atoms with E-state index in [-0.39, 0.29) is 0 Å². The Kier molecular flexibility index (Phi) is 4.61. The molecule has 0 saturated carbocycles. The minimum absolute atomic E-state index is 0.424. The zero-order chi connectivity index (χ0) is 13.7. The molecule has 0 saturated heterocycles. The molecule has 0 spiro atoms. The third-order valence-electron chi connectivity index (χ3n) is 3.33. The van der Waals surface area contributed by atoms with E-state index in [1.807, 2.05) is 54.3 Å². The zero-order valence-electron chi connectivity index (χ0n) is 11.1. The van der Waals surface area contributed by atoms with E-state index in [0.717, 1.165) is 17.7 Å². The summed E-state index contributed by atoms with van der Waals surface area (Å²) in [5, 5.41) is 15.1. The molecule has 0 amide bonds. The van der Waals surface area contributed by atoms with E-state index in [9.17, 15) is 5.11 Å². The summed E-state index contributed by atoms with van der Waals surface area (Å²) in [6.07, 6.45) is 4.84. The summed E-state index contributed by atoms with van der Waals surface area (Å²) in [6, 6.07) is 9.70. The lowest BCUT2D eigenvalue weighted by molar-refractivity contribution is 0.0336. The van der Waals surface area contributed by atoms with E-state index in [4.69, 9.17) is 11.6 Å². The molecular formula is C15H19ClN2O. The van der Waals surface area contributed by atoms with Crippen LogP contribution in [0.4, 0.5) is 0 Å². The second-order valence-electron chi connectivity index (χ2n) is 4.72. The average molecular weight is 279 g/mol. The molecule has 3 nitrogen and oxygen atoms in total. The number of rotatable bonds is 6. The fraction of sp³-hybridized carbons (Fsp3) is 0.400. The SMILES string of the molecule is CCn1cc(CC(O)(CCCl)c2ccccc2)cn1. The molecular weight excluding hydrogens is 260 g/mol. The number of aryl methyl sites for hydroxylation is 1. The Morgan fingerprint density at radius 3 is 2.63 bits per heavy atom. The smallest absolute Gasteiger partial charge is 0.0949 e. The van der Waals surface area contributed by atoms with Crippen molar-refractivity contribution in [1.82, 2.24) is 9.78 Å². The lowest BCUT2D eigenvalue weighted by Gasteiger charge is -2.27. The molecule has 0 aliphatic rings. The van der Waals surface area contributed by atoms with Crippen molar-refractivity contribution < 1.29 is 5.11 Å². The standard InChI is InChI=1S/C15H19ClN2O/c1-2-18-12-13(11-17-18)10-15(19,8-9-16)14-6-4-3-5-7-14/h3-7,11-12,19H,2,8-10H2,1H3. The molecule has 19 heavy (non-hydrogen) atoms. The molecule has 2 rings (SSSR count). The van der Waals surface area contributed by atoms with Crippen LogP contribution in [0.2, 0.25) is 0 Å². The Bertz CT molecular complexity index is 512. The van der Waals surface area contributed by atoms with Crippen LogP contribution in [0.25, 0.3) is 0 Å². The van der Waals surface area contributed by atoms with Crippen molar-refractivity contribution in [2.75, 3.05) is 5.88 Å². The van der Waals surface area contributed by atoms with Crippen LogP contribution in [0, 0.1) is 0 Å². The van der Waals surface area contributed by atoms with Crippen LogP contribution in [0.15, 0.2) is 42.7 Å². The van der Waals surface area contributed by atoms with E-state index in [1.54, 1.807) is 0 Å². The summed E-state index contributed by atoms with van der Waals surface area (Å²) in [7, 11) is 0. The van der Waals surface area contributed by atoms with Crippen LogP contribution in [0.1, 0.15) is 24.5 Å². The first-order chi connectivity index (χ1) is 9.18. The molecule has 1 N–H and O–H groups in total. The highest BCUT2D eigenvalue weighted by Crippen LogP contribution is 2.29. The normalized spacial score (nSPS) is 14.3. The van der Waals surface area contributed by atoms with Gasteiger partial charge in [-0.2, -0.15) is 5.10 Å². The highest BCUT2D eigenvalue weighted by molar-refractivity contribution is 6.17. The highest BCUT2D eigenvalue weighted by atomic mass is 35.5. The van der Waals surface area contributed by atoms with Crippen molar-refractivity contribution in [1.29, 1.82) is 0 Å². The molecule has 0 aliphatic carbocycles. The van der Waals surface area contributed by atoms with Gasteiger partial charge in [0.1, 0.15) is 0 Å². The minimum atomic E-state index is -0.926. The molecule has 1 heterocycles. The average Bonchev–Trinajstić information content (AvgIpc) is 2.87. The van der Waals surface area contributed by atoms with Gasteiger partial charge in [0.05, 0.1) is 11.8 Å². The Morgan fingerprint density at radius 1 is 1.32 bits per heavy atom. The second-order valence-corrected chi connectivity index (χ2v) is 5.10. The number of aromatic nitrogens is 2. The van der Waals surface area contributed by atoms with Crippen molar-refractivity contribution in [3.05, 3.63) is 53.9 Å². The third-order valence-corrected chi connectivity index (χ3v) is 3.52. The highest BCUT2D eigenvalue weighted by Gasteiger charge is 2.29. The predicted molar refractivity (Wildman–Crippen MR) is 77.3 cm³/mol. The maximum Gasteiger partial charge on any atom is 0.0949 e. The largest absolute Gasteiger partial charge is 0.385 e. The Balaban J connectivity index is 2.24. The van der Waals surface area contributed by atoms with Crippen molar-refractivity contribution in [2.45, 2.75) is 31.9 Å². The monoisotopic (exact) mass is 278 g/mol. The van der Waals surface area contributed by atoms with Gasteiger partial charge >= 0.3 is 0 Å². The van der Waals surface area contributed by atoms with Crippen LogP contribution < -0.4 is 0 Å². The maximum absolute atomic E-state index is 10.9. The Labute approximate surface area is 118 Å². The zero-order valence-corrected chi connectivity index (χ0v) is 11.8. The third kappa shape index (κ3) is 3.37. The van der Waals surface area contributed by atoms with Gasteiger partial charge in [0, 0.05) is 25.0 Å². The summed E-state index contributed by atoms with van der Waals surface area (Å²) >= 11 is 5.85. The quantitative estimate of drug-likeness (QED) is 0.825. The molecule has 0 fully saturated rings. The predicted octanol–water partition coefficient (Wildman–Crippen LogP) is 2.96.